The molecule has 1 aromatic rings. The molecule has 2 unspecified atom stereocenters. The van der Waals surface area contributed by atoms with Crippen LogP contribution in [0.1, 0.15) is 28.8 Å². The summed E-state index contributed by atoms with van der Waals surface area (Å²) in [5.41, 5.74) is 0.0857. The van der Waals surface area contributed by atoms with E-state index in [9.17, 15) is 9.90 Å². The second kappa shape index (κ2) is 3.19. The fourth-order valence-corrected chi connectivity index (χ4v) is 2.59. The molecule has 2 aliphatic rings. The maximum atomic E-state index is 11.7. The summed E-state index contributed by atoms with van der Waals surface area (Å²) < 4.78 is 0. The maximum Gasteiger partial charge on any atom is 0.254 e. The summed E-state index contributed by atoms with van der Waals surface area (Å²) >= 11 is 0. The van der Waals surface area contributed by atoms with Crippen LogP contribution in [0.4, 0.5) is 0 Å². The van der Waals surface area contributed by atoms with Gasteiger partial charge in [-0.2, -0.15) is 0 Å². The number of hydrogen-bond acceptors (Lipinski definition) is 2. The summed E-state index contributed by atoms with van der Waals surface area (Å²) in [6.07, 6.45) is 5.88. The number of rotatable bonds is 1. The van der Waals surface area contributed by atoms with E-state index >= 15 is 0 Å². The molecule has 1 aliphatic heterocycles. The second-order valence-corrected chi connectivity index (χ2v) is 4.38. The zero-order valence-electron chi connectivity index (χ0n) is 8.81. The Bertz CT molecular complexity index is 481. The SMILES string of the molecule is O=C1NC(O)(C2C=CCC2)c2ccccc21. The number of amides is 1. The molecule has 0 radical (unpaired) electrons. The molecule has 3 rings (SSSR count). The largest absolute Gasteiger partial charge is 0.366 e. The molecule has 0 saturated carbocycles. The highest BCUT2D eigenvalue weighted by molar-refractivity contribution is 5.99. The zero-order valence-corrected chi connectivity index (χ0v) is 8.81. The van der Waals surface area contributed by atoms with E-state index in [-0.39, 0.29) is 11.8 Å². The van der Waals surface area contributed by atoms with E-state index in [0.717, 1.165) is 12.8 Å². The third-order valence-corrected chi connectivity index (χ3v) is 3.44. The first-order valence-electron chi connectivity index (χ1n) is 5.53. The van der Waals surface area contributed by atoms with Gasteiger partial charge in [0.2, 0.25) is 0 Å². The molecule has 1 aromatic carbocycles. The van der Waals surface area contributed by atoms with Gasteiger partial charge in [0.15, 0.2) is 5.72 Å². The highest BCUT2D eigenvalue weighted by atomic mass is 16.3. The average molecular weight is 215 g/mol. The van der Waals surface area contributed by atoms with Crippen molar-refractivity contribution in [3.8, 4) is 0 Å². The van der Waals surface area contributed by atoms with Crippen molar-refractivity contribution in [2.45, 2.75) is 18.6 Å². The molecule has 3 heteroatoms. The van der Waals surface area contributed by atoms with Gasteiger partial charge in [0.25, 0.3) is 5.91 Å². The molecule has 1 amide bonds. The lowest BCUT2D eigenvalue weighted by Crippen LogP contribution is -2.44. The van der Waals surface area contributed by atoms with Crippen LogP contribution in [0.2, 0.25) is 0 Å². The van der Waals surface area contributed by atoms with Crippen molar-refractivity contribution >= 4 is 5.91 Å². The minimum atomic E-state index is -1.21. The fraction of sp³-hybridized carbons (Fsp3) is 0.308. The first kappa shape index (κ1) is 9.60. The summed E-state index contributed by atoms with van der Waals surface area (Å²) in [4.78, 5) is 11.7. The van der Waals surface area contributed by atoms with E-state index in [1.165, 1.54) is 0 Å². The number of carbonyl (C=O) groups is 1. The van der Waals surface area contributed by atoms with Crippen LogP contribution in [0.3, 0.4) is 0 Å². The summed E-state index contributed by atoms with van der Waals surface area (Å²) in [6, 6.07) is 7.23. The Labute approximate surface area is 93.8 Å². The third-order valence-electron chi connectivity index (χ3n) is 3.44. The molecule has 16 heavy (non-hydrogen) atoms. The Morgan fingerprint density at radius 2 is 2.19 bits per heavy atom. The third kappa shape index (κ3) is 1.15. The first-order valence-corrected chi connectivity index (χ1v) is 5.53. The Morgan fingerprint density at radius 1 is 1.38 bits per heavy atom. The van der Waals surface area contributed by atoms with Crippen molar-refractivity contribution in [2.24, 2.45) is 5.92 Å². The number of carbonyl (C=O) groups excluding carboxylic acids is 1. The van der Waals surface area contributed by atoms with E-state index < -0.39 is 5.72 Å². The number of allylic oxidation sites excluding steroid dienone is 1. The Balaban J connectivity index is 2.11. The number of benzene rings is 1. The molecule has 2 N–H and O–H groups in total. The van der Waals surface area contributed by atoms with Crippen LogP contribution in [0.15, 0.2) is 36.4 Å². The molecule has 1 heterocycles. The van der Waals surface area contributed by atoms with Gasteiger partial charge in [0, 0.05) is 17.0 Å². The molecule has 82 valence electrons. The molecular weight excluding hydrogens is 202 g/mol. The Hall–Kier alpha value is -1.61. The molecule has 0 fully saturated rings. The number of fused-ring (bicyclic) bond motifs is 1. The summed E-state index contributed by atoms with van der Waals surface area (Å²) in [6.45, 7) is 0. The van der Waals surface area contributed by atoms with Crippen LogP contribution in [0, 0.1) is 5.92 Å². The van der Waals surface area contributed by atoms with Gasteiger partial charge < -0.3 is 10.4 Å². The average Bonchev–Trinajstić information content (AvgIpc) is 2.89. The van der Waals surface area contributed by atoms with Crippen molar-refractivity contribution in [1.82, 2.24) is 5.32 Å². The normalized spacial score (nSPS) is 31.6. The standard InChI is InChI=1S/C13H13NO2/c15-12-10-7-3-4-8-11(10)13(16,14-12)9-5-1-2-6-9/h1,3-5,7-9,16H,2,6H2,(H,14,15). The zero-order chi connectivity index (χ0) is 11.2. The molecule has 1 aliphatic carbocycles. The number of hydrogen-bond donors (Lipinski definition) is 2. The van der Waals surface area contributed by atoms with Gasteiger partial charge in [0.1, 0.15) is 0 Å². The van der Waals surface area contributed by atoms with E-state index in [2.05, 4.69) is 11.4 Å². The first-order chi connectivity index (χ1) is 7.72. The quantitative estimate of drug-likeness (QED) is 0.698. The topological polar surface area (TPSA) is 49.3 Å². The van der Waals surface area contributed by atoms with Gasteiger partial charge in [-0.3, -0.25) is 4.79 Å². The second-order valence-electron chi connectivity index (χ2n) is 4.38. The molecule has 0 spiro atoms. The molecule has 2 atom stereocenters. The minimum absolute atomic E-state index is 0.0138. The molecular formula is C13H13NO2. The summed E-state index contributed by atoms with van der Waals surface area (Å²) in [5.74, 6) is -0.196. The Kier molecular flexibility index (Phi) is 1.91. The van der Waals surface area contributed by atoms with Gasteiger partial charge in [-0.05, 0) is 18.9 Å². The van der Waals surface area contributed by atoms with Gasteiger partial charge >= 0.3 is 0 Å². The van der Waals surface area contributed by atoms with E-state index in [4.69, 9.17) is 0 Å². The van der Waals surface area contributed by atoms with Gasteiger partial charge in [-0.25, -0.2) is 0 Å². The van der Waals surface area contributed by atoms with Crippen LogP contribution in [-0.2, 0) is 5.72 Å². The molecule has 0 bridgehead atoms. The predicted molar refractivity (Wildman–Crippen MR) is 59.7 cm³/mol. The number of aliphatic hydroxyl groups is 1. The van der Waals surface area contributed by atoms with Crippen molar-refractivity contribution < 1.29 is 9.90 Å². The van der Waals surface area contributed by atoms with E-state index in [1.807, 2.05) is 24.3 Å². The maximum absolute atomic E-state index is 11.7. The lowest BCUT2D eigenvalue weighted by Gasteiger charge is -2.29. The number of nitrogens with one attached hydrogen (secondary N) is 1. The van der Waals surface area contributed by atoms with Crippen molar-refractivity contribution in [2.75, 3.05) is 0 Å². The highest BCUT2D eigenvalue weighted by Crippen LogP contribution is 2.39. The van der Waals surface area contributed by atoms with Gasteiger partial charge in [-0.15, -0.1) is 0 Å². The monoisotopic (exact) mass is 215 g/mol. The van der Waals surface area contributed by atoms with E-state index in [0.29, 0.717) is 11.1 Å². The van der Waals surface area contributed by atoms with Crippen LogP contribution >= 0.6 is 0 Å². The van der Waals surface area contributed by atoms with Gasteiger partial charge in [0.05, 0.1) is 0 Å². The lowest BCUT2D eigenvalue weighted by atomic mass is 9.89. The van der Waals surface area contributed by atoms with Crippen molar-refractivity contribution in [1.29, 1.82) is 0 Å². The summed E-state index contributed by atoms with van der Waals surface area (Å²) in [5, 5.41) is 13.3. The smallest absolute Gasteiger partial charge is 0.254 e. The van der Waals surface area contributed by atoms with Crippen LogP contribution in [-0.4, -0.2) is 11.0 Å². The predicted octanol–water partition coefficient (Wildman–Crippen LogP) is 1.54. The minimum Gasteiger partial charge on any atom is -0.366 e. The fourth-order valence-electron chi connectivity index (χ4n) is 2.59. The van der Waals surface area contributed by atoms with E-state index in [1.54, 1.807) is 6.07 Å². The lowest BCUT2D eigenvalue weighted by molar-refractivity contribution is -0.0241. The van der Waals surface area contributed by atoms with Crippen LogP contribution in [0.5, 0.6) is 0 Å². The molecule has 0 saturated heterocycles. The van der Waals surface area contributed by atoms with Crippen LogP contribution in [0.25, 0.3) is 0 Å². The summed E-state index contributed by atoms with van der Waals surface area (Å²) in [7, 11) is 0. The van der Waals surface area contributed by atoms with Crippen LogP contribution < -0.4 is 5.32 Å². The van der Waals surface area contributed by atoms with Crippen molar-refractivity contribution in [3.63, 3.8) is 0 Å². The Morgan fingerprint density at radius 3 is 2.94 bits per heavy atom. The molecule has 0 aromatic heterocycles. The van der Waals surface area contributed by atoms with Gasteiger partial charge in [-0.1, -0.05) is 30.4 Å². The van der Waals surface area contributed by atoms with Crippen molar-refractivity contribution in [3.05, 3.63) is 47.5 Å². The molecule has 3 nitrogen and oxygen atoms in total. The highest BCUT2D eigenvalue weighted by Gasteiger charge is 2.46.